The quantitative estimate of drug-likeness (QED) is 0.795. The van der Waals surface area contributed by atoms with E-state index in [0.29, 0.717) is 0 Å². The van der Waals surface area contributed by atoms with Crippen LogP contribution in [0.5, 0.6) is 0 Å². The Hall–Kier alpha value is -2.20. The molecule has 0 spiro atoms. The van der Waals surface area contributed by atoms with Gasteiger partial charge < -0.3 is 5.32 Å². The fourth-order valence-electron chi connectivity index (χ4n) is 2.47. The van der Waals surface area contributed by atoms with Crippen LogP contribution in [0.4, 0.5) is 5.69 Å². The molecule has 0 fully saturated rings. The summed E-state index contributed by atoms with van der Waals surface area (Å²) in [5.74, 6) is 0. The highest BCUT2D eigenvalue weighted by Crippen LogP contribution is 2.24. The minimum absolute atomic E-state index is 0.726. The molecule has 1 N–H and O–H groups in total. The number of nitrogens with zero attached hydrogens (tertiary/aromatic N) is 1. The van der Waals surface area contributed by atoms with Crippen LogP contribution in [0.3, 0.4) is 0 Å². The molecule has 2 aromatic carbocycles. The van der Waals surface area contributed by atoms with Crippen LogP contribution in [-0.4, -0.2) is 15.4 Å². The van der Waals surface area contributed by atoms with Gasteiger partial charge in [-0.3, -0.25) is 9.19 Å². The van der Waals surface area contributed by atoms with Crippen molar-refractivity contribution in [3.63, 3.8) is 0 Å². The normalized spacial score (nSPS) is 12.3. The van der Waals surface area contributed by atoms with Crippen LogP contribution in [0, 0.1) is 6.92 Å². The zero-order valence-corrected chi connectivity index (χ0v) is 13.5. The van der Waals surface area contributed by atoms with Crippen molar-refractivity contribution in [1.82, 2.24) is 4.98 Å². The molecule has 0 amide bonds. The van der Waals surface area contributed by atoms with Gasteiger partial charge in [-0.2, -0.15) is 0 Å². The minimum Gasteiger partial charge on any atom is -0.380 e. The lowest BCUT2D eigenvalue weighted by molar-refractivity contribution is 0.687. The average molecular weight is 310 g/mol. The van der Waals surface area contributed by atoms with Gasteiger partial charge in [0.15, 0.2) is 0 Å². The molecule has 0 aliphatic heterocycles. The fourth-order valence-corrected chi connectivity index (χ4v) is 2.99. The van der Waals surface area contributed by atoms with Crippen LogP contribution in [0.15, 0.2) is 59.6 Å². The highest BCUT2D eigenvalue weighted by Gasteiger charge is 2.04. The number of aromatic nitrogens is 1. The van der Waals surface area contributed by atoms with Crippen LogP contribution < -0.4 is 5.32 Å². The molecule has 3 nitrogen and oxygen atoms in total. The first-order valence-corrected chi connectivity index (χ1v) is 8.71. The Morgan fingerprint density at radius 1 is 1.09 bits per heavy atom. The van der Waals surface area contributed by atoms with Gasteiger partial charge in [-0.05, 0) is 36.2 Å². The van der Waals surface area contributed by atoms with Crippen molar-refractivity contribution in [2.24, 2.45) is 0 Å². The van der Waals surface area contributed by atoms with Crippen LogP contribution >= 0.6 is 0 Å². The second-order valence-corrected chi connectivity index (χ2v) is 6.66. The molecule has 1 aromatic heterocycles. The minimum atomic E-state index is -0.927. The molecule has 0 saturated carbocycles. The van der Waals surface area contributed by atoms with Crippen molar-refractivity contribution < 1.29 is 4.21 Å². The molecule has 0 aliphatic rings. The summed E-state index contributed by atoms with van der Waals surface area (Å²) in [4.78, 5) is 5.31. The zero-order valence-electron chi connectivity index (χ0n) is 12.7. The maximum absolute atomic E-state index is 11.4. The molecule has 0 saturated heterocycles. The van der Waals surface area contributed by atoms with E-state index in [1.165, 1.54) is 5.56 Å². The van der Waals surface area contributed by atoms with E-state index >= 15 is 0 Å². The second-order valence-electron chi connectivity index (χ2n) is 5.28. The van der Waals surface area contributed by atoms with Crippen LogP contribution in [0.2, 0.25) is 0 Å². The van der Waals surface area contributed by atoms with Gasteiger partial charge in [0.05, 0.1) is 5.52 Å². The van der Waals surface area contributed by atoms with Gasteiger partial charge in [0.2, 0.25) is 0 Å². The van der Waals surface area contributed by atoms with Gasteiger partial charge in [-0.15, -0.1) is 0 Å². The van der Waals surface area contributed by atoms with E-state index in [2.05, 4.69) is 35.4 Å². The van der Waals surface area contributed by atoms with Gasteiger partial charge in [0.1, 0.15) is 0 Å². The summed E-state index contributed by atoms with van der Waals surface area (Å²) in [6, 6.07) is 16.1. The summed E-state index contributed by atoms with van der Waals surface area (Å²) in [6.07, 6.45) is 3.53. The van der Waals surface area contributed by atoms with E-state index in [9.17, 15) is 4.21 Å². The van der Waals surface area contributed by atoms with E-state index in [4.69, 9.17) is 0 Å². The van der Waals surface area contributed by atoms with E-state index < -0.39 is 10.8 Å². The molecule has 0 radical (unpaired) electrons. The van der Waals surface area contributed by atoms with E-state index in [1.54, 1.807) is 6.26 Å². The molecule has 1 atom stereocenters. The Morgan fingerprint density at radius 2 is 1.86 bits per heavy atom. The first kappa shape index (κ1) is 14.7. The van der Waals surface area contributed by atoms with Crippen LogP contribution in [-0.2, 0) is 17.3 Å². The number of para-hydroxylation sites is 1. The highest BCUT2D eigenvalue weighted by atomic mass is 32.2. The number of hydrogen-bond acceptors (Lipinski definition) is 3. The molecule has 3 aromatic rings. The third-order valence-electron chi connectivity index (χ3n) is 3.71. The fraction of sp³-hybridized carbons (Fsp3) is 0.167. The lowest BCUT2D eigenvalue weighted by Gasteiger charge is -2.11. The third-order valence-corrected chi connectivity index (χ3v) is 4.65. The predicted molar refractivity (Wildman–Crippen MR) is 92.6 cm³/mol. The lowest BCUT2D eigenvalue weighted by Crippen LogP contribution is -2.01. The summed E-state index contributed by atoms with van der Waals surface area (Å²) in [5, 5.41) is 4.60. The molecule has 112 valence electrons. The van der Waals surface area contributed by atoms with Crippen molar-refractivity contribution in [2.75, 3.05) is 11.6 Å². The number of hydrogen-bond donors (Lipinski definition) is 1. The summed E-state index contributed by atoms with van der Waals surface area (Å²) in [6.45, 7) is 2.80. The lowest BCUT2D eigenvalue weighted by atomic mass is 10.1. The monoisotopic (exact) mass is 310 g/mol. The van der Waals surface area contributed by atoms with Crippen molar-refractivity contribution in [2.45, 2.75) is 18.4 Å². The van der Waals surface area contributed by atoms with E-state index in [-0.39, 0.29) is 0 Å². The molecule has 1 heterocycles. The van der Waals surface area contributed by atoms with Gasteiger partial charge >= 0.3 is 0 Å². The molecule has 4 heteroatoms. The highest BCUT2D eigenvalue weighted by molar-refractivity contribution is 7.84. The number of nitrogens with one attached hydrogen (secondary N) is 1. The Labute approximate surface area is 132 Å². The van der Waals surface area contributed by atoms with Gasteiger partial charge in [-0.1, -0.05) is 30.3 Å². The third kappa shape index (κ3) is 3.02. The van der Waals surface area contributed by atoms with Crippen molar-refractivity contribution in [3.05, 3.63) is 65.9 Å². The van der Waals surface area contributed by atoms with Crippen molar-refractivity contribution >= 4 is 27.4 Å². The van der Waals surface area contributed by atoms with Gasteiger partial charge in [0.25, 0.3) is 0 Å². The topological polar surface area (TPSA) is 42.0 Å². The van der Waals surface area contributed by atoms with Gasteiger partial charge in [-0.25, -0.2) is 0 Å². The Morgan fingerprint density at radius 3 is 2.59 bits per heavy atom. The van der Waals surface area contributed by atoms with E-state index in [0.717, 1.165) is 33.6 Å². The molecule has 0 bridgehead atoms. The second kappa shape index (κ2) is 6.28. The maximum atomic E-state index is 11.4. The van der Waals surface area contributed by atoms with Crippen LogP contribution in [0.25, 0.3) is 10.9 Å². The molecule has 3 rings (SSSR count). The molecule has 0 aliphatic carbocycles. The molecule has 22 heavy (non-hydrogen) atoms. The number of rotatable bonds is 4. The first-order chi connectivity index (χ1) is 10.6. The molecule has 1 unspecified atom stereocenters. The first-order valence-electron chi connectivity index (χ1n) is 7.16. The standard InChI is InChI=1S/C18H18N2OS/c1-13-4-3-5-16-17(10-11-19-18(13)16)20-12-14-6-8-15(9-7-14)22(2)21/h3-11H,12H2,1-2H3,(H,19,20). The Balaban J connectivity index is 1.82. The number of fused-ring (bicyclic) bond motifs is 1. The predicted octanol–water partition coefficient (Wildman–Crippen LogP) is 3.89. The smallest absolute Gasteiger partial charge is 0.0751 e. The molecular weight excluding hydrogens is 292 g/mol. The Kier molecular flexibility index (Phi) is 4.20. The van der Waals surface area contributed by atoms with Crippen molar-refractivity contribution in [3.8, 4) is 0 Å². The van der Waals surface area contributed by atoms with Crippen molar-refractivity contribution in [1.29, 1.82) is 0 Å². The maximum Gasteiger partial charge on any atom is 0.0751 e. The average Bonchev–Trinajstić information content (AvgIpc) is 2.54. The largest absolute Gasteiger partial charge is 0.380 e. The number of pyridine rings is 1. The summed E-state index contributed by atoms with van der Waals surface area (Å²) >= 11 is 0. The van der Waals surface area contributed by atoms with Crippen LogP contribution in [0.1, 0.15) is 11.1 Å². The number of anilines is 1. The Bertz CT molecular complexity index is 828. The summed E-state index contributed by atoms with van der Waals surface area (Å²) < 4.78 is 11.4. The number of aryl methyl sites for hydroxylation is 1. The molecular formula is C18H18N2OS. The summed E-state index contributed by atoms with van der Waals surface area (Å²) in [5.41, 5.74) is 4.45. The number of benzene rings is 2. The zero-order chi connectivity index (χ0) is 15.5. The van der Waals surface area contributed by atoms with Gasteiger partial charge in [0, 0.05) is 45.8 Å². The summed E-state index contributed by atoms with van der Waals surface area (Å²) in [7, 11) is -0.927. The van der Waals surface area contributed by atoms with E-state index in [1.807, 2.05) is 36.5 Å². The SMILES string of the molecule is Cc1cccc2c(NCc3ccc(S(C)=O)cc3)ccnc12.